The second kappa shape index (κ2) is 10.7. The van der Waals surface area contributed by atoms with Gasteiger partial charge in [0.05, 0.1) is 6.61 Å². The van der Waals surface area contributed by atoms with Crippen molar-refractivity contribution >= 4 is 33.4 Å². The molecule has 2 rings (SSSR count). The normalized spacial score (nSPS) is 10.5. The highest BCUT2D eigenvalue weighted by Crippen LogP contribution is 2.16. The second-order valence-corrected chi connectivity index (χ2v) is 7.21. The van der Waals surface area contributed by atoms with Crippen molar-refractivity contribution in [3.05, 3.63) is 58.6 Å². The van der Waals surface area contributed by atoms with Gasteiger partial charge in [0.25, 0.3) is 0 Å². The Labute approximate surface area is 168 Å². The summed E-state index contributed by atoms with van der Waals surface area (Å²) in [7, 11) is 4.04. The first-order valence-electron chi connectivity index (χ1n) is 8.65. The van der Waals surface area contributed by atoms with Crippen LogP contribution in [-0.2, 0) is 16.1 Å². The average Bonchev–Trinajstić information content (AvgIpc) is 2.65. The Balaban J connectivity index is 1.75. The minimum Gasteiger partial charge on any atom is -0.494 e. The van der Waals surface area contributed by atoms with Crippen molar-refractivity contribution in [3.8, 4) is 5.75 Å². The number of amides is 2. The van der Waals surface area contributed by atoms with Crippen molar-refractivity contribution < 1.29 is 14.3 Å². The highest BCUT2D eigenvalue weighted by atomic mass is 79.9. The van der Waals surface area contributed by atoms with Gasteiger partial charge < -0.3 is 20.3 Å². The molecule has 0 saturated heterocycles. The van der Waals surface area contributed by atoms with Gasteiger partial charge in [-0.05, 0) is 62.5 Å². The standard InChI is InChI=1S/C20H24BrN3O3/c1-24(2)12-3-13-27-18-10-8-17(9-11-18)23-20(26)19(25)22-14-15-4-6-16(21)7-5-15/h4-11H,3,12-14H2,1-2H3,(H,22,25)(H,23,26). The van der Waals surface area contributed by atoms with Crippen molar-refractivity contribution in [2.24, 2.45) is 0 Å². The summed E-state index contributed by atoms with van der Waals surface area (Å²) in [6.07, 6.45) is 0.935. The summed E-state index contributed by atoms with van der Waals surface area (Å²) < 4.78 is 6.60. The molecule has 0 bridgehead atoms. The highest BCUT2D eigenvalue weighted by molar-refractivity contribution is 9.10. The van der Waals surface area contributed by atoms with Crippen LogP contribution in [0.4, 0.5) is 5.69 Å². The summed E-state index contributed by atoms with van der Waals surface area (Å²) in [5.74, 6) is -0.653. The van der Waals surface area contributed by atoms with E-state index in [0.717, 1.165) is 28.8 Å². The van der Waals surface area contributed by atoms with Crippen LogP contribution in [0.25, 0.3) is 0 Å². The molecule has 0 aliphatic carbocycles. The number of carbonyl (C=O) groups excluding carboxylic acids is 2. The van der Waals surface area contributed by atoms with E-state index >= 15 is 0 Å². The van der Waals surface area contributed by atoms with E-state index in [2.05, 4.69) is 31.5 Å². The fourth-order valence-electron chi connectivity index (χ4n) is 2.26. The zero-order valence-corrected chi connectivity index (χ0v) is 17.1. The number of ether oxygens (including phenoxy) is 1. The van der Waals surface area contributed by atoms with E-state index in [1.807, 2.05) is 38.4 Å². The van der Waals surface area contributed by atoms with Gasteiger partial charge in [0.1, 0.15) is 5.75 Å². The number of nitrogens with zero attached hydrogens (tertiary/aromatic N) is 1. The van der Waals surface area contributed by atoms with Gasteiger partial charge in [-0.25, -0.2) is 0 Å². The van der Waals surface area contributed by atoms with Crippen LogP contribution >= 0.6 is 15.9 Å². The summed E-state index contributed by atoms with van der Waals surface area (Å²) in [5.41, 5.74) is 1.45. The van der Waals surface area contributed by atoms with Gasteiger partial charge in [-0.2, -0.15) is 0 Å². The Morgan fingerprint density at radius 1 is 1.00 bits per heavy atom. The predicted molar refractivity (Wildman–Crippen MR) is 110 cm³/mol. The molecular weight excluding hydrogens is 410 g/mol. The molecule has 2 amide bonds. The number of carbonyl (C=O) groups is 2. The van der Waals surface area contributed by atoms with Crippen molar-refractivity contribution in [1.29, 1.82) is 0 Å². The van der Waals surface area contributed by atoms with Crippen LogP contribution < -0.4 is 15.4 Å². The SMILES string of the molecule is CN(C)CCCOc1ccc(NC(=O)C(=O)NCc2ccc(Br)cc2)cc1. The quantitative estimate of drug-likeness (QED) is 0.495. The Hall–Kier alpha value is -2.38. The number of benzene rings is 2. The summed E-state index contributed by atoms with van der Waals surface area (Å²) >= 11 is 3.35. The monoisotopic (exact) mass is 433 g/mol. The maximum Gasteiger partial charge on any atom is 0.313 e. The van der Waals surface area contributed by atoms with Gasteiger partial charge >= 0.3 is 11.8 Å². The maximum atomic E-state index is 12.0. The lowest BCUT2D eigenvalue weighted by Crippen LogP contribution is -2.34. The maximum absolute atomic E-state index is 12.0. The number of hydrogen-bond donors (Lipinski definition) is 2. The molecule has 0 aromatic heterocycles. The molecule has 0 fully saturated rings. The average molecular weight is 434 g/mol. The number of hydrogen-bond acceptors (Lipinski definition) is 4. The van der Waals surface area contributed by atoms with E-state index in [1.165, 1.54) is 0 Å². The Kier molecular flexibility index (Phi) is 8.29. The van der Waals surface area contributed by atoms with Gasteiger partial charge in [-0.15, -0.1) is 0 Å². The summed E-state index contributed by atoms with van der Waals surface area (Å²) in [6, 6.07) is 14.5. The molecule has 0 saturated carbocycles. The van der Waals surface area contributed by atoms with Crippen LogP contribution in [-0.4, -0.2) is 44.0 Å². The van der Waals surface area contributed by atoms with Gasteiger partial charge in [0, 0.05) is 23.2 Å². The minimum atomic E-state index is -0.702. The molecule has 0 aliphatic heterocycles. The van der Waals surface area contributed by atoms with Crippen LogP contribution in [0.2, 0.25) is 0 Å². The van der Waals surface area contributed by atoms with Crippen molar-refractivity contribution in [1.82, 2.24) is 10.2 Å². The Morgan fingerprint density at radius 3 is 2.30 bits per heavy atom. The largest absolute Gasteiger partial charge is 0.494 e. The zero-order valence-electron chi connectivity index (χ0n) is 15.5. The molecule has 0 radical (unpaired) electrons. The molecule has 27 heavy (non-hydrogen) atoms. The molecular formula is C20H24BrN3O3. The number of rotatable bonds is 8. The third-order valence-corrected chi connectivity index (χ3v) is 4.23. The Morgan fingerprint density at radius 2 is 1.67 bits per heavy atom. The Bertz CT molecular complexity index is 746. The molecule has 7 heteroatoms. The fourth-order valence-corrected chi connectivity index (χ4v) is 2.52. The number of anilines is 1. The molecule has 2 N–H and O–H groups in total. The molecule has 2 aromatic rings. The van der Waals surface area contributed by atoms with Gasteiger partial charge in [-0.1, -0.05) is 28.1 Å². The molecule has 0 heterocycles. The van der Waals surface area contributed by atoms with Crippen LogP contribution in [0.15, 0.2) is 53.0 Å². The van der Waals surface area contributed by atoms with Crippen molar-refractivity contribution in [2.75, 3.05) is 32.6 Å². The topological polar surface area (TPSA) is 70.7 Å². The summed E-state index contributed by atoms with van der Waals surface area (Å²) in [4.78, 5) is 26.0. The van der Waals surface area contributed by atoms with Crippen LogP contribution in [0, 0.1) is 0 Å². The van der Waals surface area contributed by atoms with E-state index in [0.29, 0.717) is 18.8 Å². The lowest BCUT2D eigenvalue weighted by atomic mass is 10.2. The van der Waals surface area contributed by atoms with Gasteiger partial charge in [0.15, 0.2) is 0 Å². The molecule has 0 aliphatic rings. The molecule has 2 aromatic carbocycles. The van der Waals surface area contributed by atoms with Crippen LogP contribution in [0.3, 0.4) is 0 Å². The zero-order chi connectivity index (χ0) is 19.6. The van der Waals surface area contributed by atoms with E-state index in [4.69, 9.17) is 4.74 Å². The first kappa shape index (κ1) is 20.9. The number of nitrogens with one attached hydrogen (secondary N) is 2. The smallest absolute Gasteiger partial charge is 0.313 e. The predicted octanol–water partition coefficient (Wildman–Crippen LogP) is 3.03. The van der Waals surface area contributed by atoms with E-state index in [-0.39, 0.29) is 0 Å². The third kappa shape index (κ3) is 7.80. The van der Waals surface area contributed by atoms with Crippen LogP contribution in [0.1, 0.15) is 12.0 Å². The fraction of sp³-hybridized carbons (Fsp3) is 0.300. The number of halogens is 1. The molecule has 144 valence electrons. The molecule has 0 unspecified atom stereocenters. The molecule has 0 atom stereocenters. The first-order chi connectivity index (χ1) is 12.9. The van der Waals surface area contributed by atoms with E-state index in [1.54, 1.807) is 24.3 Å². The first-order valence-corrected chi connectivity index (χ1v) is 9.44. The lowest BCUT2D eigenvalue weighted by molar-refractivity contribution is -0.136. The van der Waals surface area contributed by atoms with Gasteiger partial charge in [0.2, 0.25) is 0 Å². The van der Waals surface area contributed by atoms with Crippen molar-refractivity contribution in [3.63, 3.8) is 0 Å². The lowest BCUT2D eigenvalue weighted by Gasteiger charge is -2.11. The second-order valence-electron chi connectivity index (χ2n) is 6.29. The van der Waals surface area contributed by atoms with Crippen LogP contribution in [0.5, 0.6) is 5.75 Å². The summed E-state index contributed by atoms with van der Waals surface area (Å²) in [6.45, 7) is 1.88. The van der Waals surface area contributed by atoms with E-state index in [9.17, 15) is 9.59 Å². The minimum absolute atomic E-state index is 0.291. The van der Waals surface area contributed by atoms with Gasteiger partial charge in [-0.3, -0.25) is 9.59 Å². The molecule has 6 nitrogen and oxygen atoms in total. The summed E-state index contributed by atoms with van der Waals surface area (Å²) in [5, 5.41) is 5.17. The van der Waals surface area contributed by atoms with Crippen molar-refractivity contribution in [2.45, 2.75) is 13.0 Å². The van der Waals surface area contributed by atoms with E-state index < -0.39 is 11.8 Å². The molecule has 0 spiro atoms. The third-order valence-electron chi connectivity index (χ3n) is 3.70. The highest BCUT2D eigenvalue weighted by Gasteiger charge is 2.13.